The van der Waals surface area contributed by atoms with Gasteiger partial charge < -0.3 is 15.4 Å². The van der Waals surface area contributed by atoms with E-state index in [9.17, 15) is 18.0 Å². The molecule has 0 aromatic rings. The van der Waals surface area contributed by atoms with Gasteiger partial charge in [0.2, 0.25) is 5.91 Å². The van der Waals surface area contributed by atoms with Crippen LogP contribution in [0.1, 0.15) is 19.3 Å². The summed E-state index contributed by atoms with van der Waals surface area (Å²) in [7, 11) is 0. The molecule has 0 radical (unpaired) electrons. The van der Waals surface area contributed by atoms with E-state index < -0.39 is 12.8 Å². The van der Waals surface area contributed by atoms with Gasteiger partial charge >= 0.3 is 6.18 Å². The Balaban J connectivity index is 1.86. The molecule has 2 N–H and O–H groups in total. The molecule has 100 valence electrons. The van der Waals surface area contributed by atoms with E-state index >= 15 is 0 Å². The van der Waals surface area contributed by atoms with Crippen molar-refractivity contribution in [3.63, 3.8) is 0 Å². The molecule has 1 saturated carbocycles. The SMILES string of the molecule is O=C(CCOCC(F)(F)F)NCCNC1CC1. The molecule has 0 aliphatic heterocycles. The number of carbonyl (C=O) groups is 1. The fraction of sp³-hybridized carbons (Fsp3) is 0.900. The lowest BCUT2D eigenvalue weighted by Gasteiger charge is -2.08. The molecule has 7 heteroatoms. The van der Waals surface area contributed by atoms with Crippen LogP contribution in [0.2, 0.25) is 0 Å². The van der Waals surface area contributed by atoms with Gasteiger partial charge in [-0.2, -0.15) is 13.2 Å². The number of hydrogen-bond donors (Lipinski definition) is 2. The van der Waals surface area contributed by atoms with Crippen LogP contribution < -0.4 is 10.6 Å². The Morgan fingerprint density at radius 3 is 2.59 bits per heavy atom. The van der Waals surface area contributed by atoms with Crippen LogP contribution in [0.5, 0.6) is 0 Å². The van der Waals surface area contributed by atoms with Crippen molar-refractivity contribution >= 4 is 5.91 Å². The molecule has 4 nitrogen and oxygen atoms in total. The van der Waals surface area contributed by atoms with Gasteiger partial charge in [0.1, 0.15) is 6.61 Å². The van der Waals surface area contributed by atoms with Crippen LogP contribution in [-0.4, -0.2) is 44.4 Å². The first kappa shape index (κ1) is 14.2. The summed E-state index contributed by atoms with van der Waals surface area (Å²) in [5.74, 6) is -0.287. The van der Waals surface area contributed by atoms with E-state index in [1.807, 2.05) is 0 Å². The highest BCUT2D eigenvalue weighted by Gasteiger charge is 2.27. The minimum Gasteiger partial charge on any atom is -0.372 e. The molecule has 0 spiro atoms. The van der Waals surface area contributed by atoms with E-state index in [0.717, 1.165) is 0 Å². The molecule has 0 heterocycles. The van der Waals surface area contributed by atoms with Crippen LogP contribution in [0.3, 0.4) is 0 Å². The Morgan fingerprint density at radius 2 is 2.00 bits per heavy atom. The number of halogens is 3. The van der Waals surface area contributed by atoms with Crippen LogP contribution >= 0.6 is 0 Å². The molecule has 1 rings (SSSR count). The first-order chi connectivity index (χ1) is 7.97. The van der Waals surface area contributed by atoms with Crippen molar-refractivity contribution in [1.29, 1.82) is 0 Å². The molecule has 0 unspecified atom stereocenters. The van der Waals surface area contributed by atoms with E-state index in [1.165, 1.54) is 12.8 Å². The lowest BCUT2D eigenvalue weighted by atomic mass is 10.4. The number of carbonyl (C=O) groups excluding carboxylic acids is 1. The van der Waals surface area contributed by atoms with Crippen LogP contribution in [0.15, 0.2) is 0 Å². The quantitative estimate of drug-likeness (QED) is 0.631. The number of rotatable bonds is 8. The summed E-state index contributed by atoms with van der Waals surface area (Å²) in [6.07, 6.45) is -2.01. The highest BCUT2D eigenvalue weighted by atomic mass is 19.4. The second-order valence-electron chi connectivity index (χ2n) is 4.00. The standard InChI is InChI=1S/C10H17F3N2O2/c11-10(12,13)7-17-6-3-9(16)15-5-4-14-8-1-2-8/h8,14H,1-7H2,(H,15,16). The van der Waals surface area contributed by atoms with Gasteiger partial charge in [-0.25, -0.2) is 0 Å². The zero-order valence-electron chi connectivity index (χ0n) is 9.48. The Kier molecular flexibility index (Phi) is 5.70. The van der Waals surface area contributed by atoms with Crippen molar-refractivity contribution < 1.29 is 22.7 Å². The van der Waals surface area contributed by atoms with Gasteiger partial charge in [-0.05, 0) is 12.8 Å². The fourth-order valence-electron chi connectivity index (χ4n) is 1.21. The number of ether oxygens (including phenoxy) is 1. The maximum Gasteiger partial charge on any atom is 0.411 e. The Labute approximate surface area is 97.9 Å². The summed E-state index contributed by atoms with van der Waals surface area (Å²) in [5, 5.41) is 5.81. The van der Waals surface area contributed by atoms with Gasteiger partial charge in [0.05, 0.1) is 6.61 Å². The second kappa shape index (κ2) is 6.80. The van der Waals surface area contributed by atoms with Gasteiger partial charge in [-0.3, -0.25) is 4.79 Å². The summed E-state index contributed by atoms with van der Waals surface area (Å²) in [5.41, 5.74) is 0. The van der Waals surface area contributed by atoms with Gasteiger partial charge in [0.25, 0.3) is 0 Å². The highest BCUT2D eigenvalue weighted by molar-refractivity contribution is 5.75. The minimum atomic E-state index is -4.33. The molecule has 1 aliphatic rings. The first-order valence-corrected chi connectivity index (χ1v) is 5.62. The molecule has 1 fully saturated rings. The summed E-state index contributed by atoms with van der Waals surface area (Å²) < 4.78 is 39.4. The van der Waals surface area contributed by atoms with Crippen molar-refractivity contribution in [3.8, 4) is 0 Å². The smallest absolute Gasteiger partial charge is 0.372 e. The fourth-order valence-corrected chi connectivity index (χ4v) is 1.21. The van der Waals surface area contributed by atoms with Crippen LogP contribution in [0.25, 0.3) is 0 Å². The minimum absolute atomic E-state index is 0.0422. The third kappa shape index (κ3) is 8.93. The molecule has 0 saturated heterocycles. The van der Waals surface area contributed by atoms with Gasteiger partial charge in [0.15, 0.2) is 0 Å². The van der Waals surface area contributed by atoms with Crippen LogP contribution in [0, 0.1) is 0 Å². The third-order valence-electron chi connectivity index (χ3n) is 2.20. The van der Waals surface area contributed by atoms with E-state index in [4.69, 9.17) is 0 Å². The van der Waals surface area contributed by atoms with E-state index in [-0.39, 0.29) is 18.9 Å². The van der Waals surface area contributed by atoms with Crippen molar-refractivity contribution in [1.82, 2.24) is 10.6 Å². The summed E-state index contributed by atoms with van der Waals surface area (Å²) in [4.78, 5) is 11.1. The number of amides is 1. The predicted molar refractivity (Wildman–Crippen MR) is 55.5 cm³/mol. The molecule has 1 aliphatic carbocycles. The molecule has 0 aromatic heterocycles. The number of nitrogens with one attached hydrogen (secondary N) is 2. The largest absolute Gasteiger partial charge is 0.411 e. The molecule has 17 heavy (non-hydrogen) atoms. The molecule has 0 atom stereocenters. The van der Waals surface area contributed by atoms with Crippen molar-refractivity contribution in [2.24, 2.45) is 0 Å². The van der Waals surface area contributed by atoms with E-state index in [1.54, 1.807) is 0 Å². The van der Waals surface area contributed by atoms with Gasteiger partial charge in [-0.15, -0.1) is 0 Å². The van der Waals surface area contributed by atoms with Crippen molar-refractivity contribution in [2.75, 3.05) is 26.3 Å². The molecule has 0 aromatic carbocycles. The second-order valence-corrected chi connectivity index (χ2v) is 4.00. The van der Waals surface area contributed by atoms with Crippen molar-refractivity contribution in [3.05, 3.63) is 0 Å². The predicted octanol–water partition coefficient (Wildman–Crippen LogP) is 0.824. The molecular formula is C10H17F3N2O2. The number of alkyl halides is 3. The normalized spacial score (nSPS) is 15.9. The van der Waals surface area contributed by atoms with E-state index in [2.05, 4.69) is 15.4 Å². The summed E-state index contributed by atoms with van der Waals surface area (Å²) in [6, 6.07) is 0.585. The third-order valence-corrected chi connectivity index (χ3v) is 2.20. The van der Waals surface area contributed by atoms with Gasteiger partial charge in [-0.1, -0.05) is 0 Å². The molecular weight excluding hydrogens is 237 g/mol. The number of hydrogen-bond acceptors (Lipinski definition) is 3. The summed E-state index contributed by atoms with van der Waals surface area (Å²) in [6.45, 7) is -0.320. The first-order valence-electron chi connectivity index (χ1n) is 5.62. The van der Waals surface area contributed by atoms with Crippen LogP contribution in [0.4, 0.5) is 13.2 Å². The van der Waals surface area contributed by atoms with Gasteiger partial charge in [0, 0.05) is 25.6 Å². The molecule has 0 bridgehead atoms. The van der Waals surface area contributed by atoms with Crippen LogP contribution in [-0.2, 0) is 9.53 Å². The lowest BCUT2D eigenvalue weighted by Crippen LogP contribution is -2.33. The zero-order valence-corrected chi connectivity index (χ0v) is 9.48. The maximum atomic E-state index is 11.7. The summed E-state index contributed by atoms with van der Waals surface area (Å²) >= 11 is 0. The average molecular weight is 254 g/mol. The Hall–Kier alpha value is -0.820. The lowest BCUT2D eigenvalue weighted by molar-refractivity contribution is -0.174. The zero-order chi connectivity index (χ0) is 12.7. The average Bonchev–Trinajstić information content (AvgIpc) is 3.02. The molecule has 1 amide bonds. The highest BCUT2D eigenvalue weighted by Crippen LogP contribution is 2.17. The van der Waals surface area contributed by atoms with E-state index in [0.29, 0.717) is 19.1 Å². The topological polar surface area (TPSA) is 50.4 Å². The maximum absolute atomic E-state index is 11.7. The monoisotopic (exact) mass is 254 g/mol. The Bertz CT molecular complexity index is 242. The Morgan fingerprint density at radius 1 is 1.29 bits per heavy atom. The van der Waals surface area contributed by atoms with Crippen molar-refractivity contribution in [2.45, 2.75) is 31.5 Å².